The van der Waals surface area contributed by atoms with Crippen LogP contribution in [0.5, 0.6) is 0 Å². The number of anilines is 1. The zero-order valence-electron chi connectivity index (χ0n) is 9.16. The van der Waals surface area contributed by atoms with E-state index in [1.165, 1.54) is 0 Å². The molecule has 1 aromatic carbocycles. The number of aliphatic hydroxyl groups excluding tert-OH is 1. The number of benzene rings is 1. The van der Waals surface area contributed by atoms with Gasteiger partial charge in [0.15, 0.2) is 0 Å². The minimum Gasteiger partial charge on any atom is -0.392 e. The summed E-state index contributed by atoms with van der Waals surface area (Å²) in [6.45, 7) is 4.00. The quantitative estimate of drug-likeness (QED) is 0.794. The van der Waals surface area contributed by atoms with Crippen molar-refractivity contribution in [2.75, 3.05) is 5.32 Å². The molecule has 0 atom stereocenters. The van der Waals surface area contributed by atoms with Crippen molar-refractivity contribution in [3.05, 3.63) is 29.8 Å². The molecule has 0 saturated carbocycles. The van der Waals surface area contributed by atoms with Crippen LogP contribution in [0.4, 0.5) is 5.69 Å². The van der Waals surface area contributed by atoms with Crippen molar-refractivity contribution in [3.63, 3.8) is 0 Å². The zero-order valence-corrected chi connectivity index (χ0v) is 9.16. The molecule has 3 nitrogen and oxygen atoms in total. The van der Waals surface area contributed by atoms with Crippen molar-refractivity contribution >= 4 is 11.6 Å². The zero-order chi connectivity index (χ0) is 11.3. The maximum Gasteiger partial charge on any atom is 0.224 e. The van der Waals surface area contributed by atoms with Crippen LogP contribution in [0, 0.1) is 5.92 Å². The Kier molecular flexibility index (Phi) is 4.31. The van der Waals surface area contributed by atoms with Crippen LogP contribution in [0.3, 0.4) is 0 Å². The van der Waals surface area contributed by atoms with Gasteiger partial charge in [-0.15, -0.1) is 0 Å². The van der Waals surface area contributed by atoms with E-state index in [1.807, 2.05) is 32.0 Å². The first-order chi connectivity index (χ1) is 7.11. The third kappa shape index (κ3) is 4.13. The molecule has 0 fully saturated rings. The molecule has 0 aliphatic carbocycles. The maximum absolute atomic E-state index is 11.4. The fraction of sp³-hybridized carbons (Fsp3) is 0.417. The molecule has 2 N–H and O–H groups in total. The molecule has 82 valence electrons. The molecule has 0 unspecified atom stereocenters. The Labute approximate surface area is 90.1 Å². The van der Waals surface area contributed by atoms with Crippen LogP contribution in [-0.4, -0.2) is 11.0 Å². The largest absolute Gasteiger partial charge is 0.392 e. The highest BCUT2D eigenvalue weighted by molar-refractivity contribution is 5.90. The van der Waals surface area contributed by atoms with Crippen LogP contribution in [0.1, 0.15) is 25.8 Å². The highest BCUT2D eigenvalue weighted by Crippen LogP contribution is 2.11. The smallest absolute Gasteiger partial charge is 0.224 e. The van der Waals surface area contributed by atoms with Gasteiger partial charge in [-0.3, -0.25) is 4.79 Å². The van der Waals surface area contributed by atoms with Gasteiger partial charge in [0.1, 0.15) is 0 Å². The van der Waals surface area contributed by atoms with Crippen molar-refractivity contribution in [2.24, 2.45) is 5.92 Å². The van der Waals surface area contributed by atoms with Crippen LogP contribution in [-0.2, 0) is 11.4 Å². The molecule has 0 saturated heterocycles. The van der Waals surface area contributed by atoms with E-state index in [1.54, 1.807) is 6.07 Å². The first kappa shape index (κ1) is 11.7. The Balaban J connectivity index is 2.60. The second kappa shape index (κ2) is 5.51. The highest BCUT2D eigenvalue weighted by Gasteiger charge is 2.05. The minimum absolute atomic E-state index is 0.00606. The van der Waals surface area contributed by atoms with Crippen molar-refractivity contribution in [2.45, 2.75) is 26.9 Å². The van der Waals surface area contributed by atoms with Gasteiger partial charge in [0.25, 0.3) is 0 Å². The van der Waals surface area contributed by atoms with E-state index in [-0.39, 0.29) is 12.5 Å². The number of nitrogens with one attached hydrogen (secondary N) is 1. The highest BCUT2D eigenvalue weighted by atomic mass is 16.3. The van der Waals surface area contributed by atoms with Gasteiger partial charge in [0, 0.05) is 12.1 Å². The third-order valence-electron chi connectivity index (χ3n) is 1.99. The van der Waals surface area contributed by atoms with E-state index in [0.717, 1.165) is 11.3 Å². The van der Waals surface area contributed by atoms with Gasteiger partial charge in [-0.25, -0.2) is 0 Å². The van der Waals surface area contributed by atoms with Crippen molar-refractivity contribution in [1.82, 2.24) is 0 Å². The van der Waals surface area contributed by atoms with E-state index in [0.29, 0.717) is 12.3 Å². The molecular weight excluding hydrogens is 190 g/mol. The summed E-state index contributed by atoms with van der Waals surface area (Å²) in [5.74, 6) is 0.367. The predicted molar refractivity (Wildman–Crippen MR) is 60.4 cm³/mol. The van der Waals surface area contributed by atoms with Gasteiger partial charge in [0.05, 0.1) is 6.61 Å². The molecule has 0 aromatic heterocycles. The van der Waals surface area contributed by atoms with Crippen LogP contribution in [0.25, 0.3) is 0 Å². The average Bonchev–Trinajstić information content (AvgIpc) is 2.16. The molecule has 15 heavy (non-hydrogen) atoms. The van der Waals surface area contributed by atoms with E-state index in [2.05, 4.69) is 5.32 Å². The lowest BCUT2D eigenvalue weighted by atomic mass is 10.1. The second-order valence-electron chi connectivity index (χ2n) is 4.00. The summed E-state index contributed by atoms with van der Waals surface area (Å²) in [5, 5.41) is 11.7. The molecule has 1 amide bonds. The number of rotatable bonds is 4. The molecule has 3 heteroatoms. The summed E-state index contributed by atoms with van der Waals surface area (Å²) in [4.78, 5) is 11.4. The topological polar surface area (TPSA) is 49.3 Å². The van der Waals surface area contributed by atoms with Gasteiger partial charge in [-0.2, -0.15) is 0 Å². The second-order valence-corrected chi connectivity index (χ2v) is 4.00. The maximum atomic E-state index is 11.4. The summed E-state index contributed by atoms with van der Waals surface area (Å²) < 4.78 is 0. The van der Waals surface area contributed by atoms with Gasteiger partial charge in [0.2, 0.25) is 5.91 Å². The van der Waals surface area contributed by atoms with Crippen molar-refractivity contribution in [1.29, 1.82) is 0 Å². The molecule has 0 aliphatic rings. The lowest BCUT2D eigenvalue weighted by molar-refractivity contribution is -0.116. The lowest BCUT2D eigenvalue weighted by Gasteiger charge is -2.07. The van der Waals surface area contributed by atoms with Gasteiger partial charge >= 0.3 is 0 Å². The molecular formula is C12H17NO2. The number of hydrogen-bond acceptors (Lipinski definition) is 2. The Hall–Kier alpha value is -1.35. The summed E-state index contributed by atoms with van der Waals surface area (Å²) in [6, 6.07) is 7.23. The Morgan fingerprint density at radius 1 is 1.47 bits per heavy atom. The number of amides is 1. The van der Waals surface area contributed by atoms with Crippen LogP contribution in [0.15, 0.2) is 24.3 Å². The van der Waals surface area contributed by atoms with Crippen molar-refractivity contribution < 1.29 is 9.90 Å². The Bertz CT molecular complexity index is 334. The van der Waals surface area contributed by atoms with Crippen LogP contribution in [0.2, 0.25) is 0 Å². The van der Waals surface area contributed by atoms with E-state index < -0.39 is 0 Å². The number of carbonyl (C=O) groups excluding carboxylic acids is 1. The molecule has 0 heterocycles. The number of aliphatic hydroxyl groups is 1. The first-order valence-electron chi connectivity index (χ1n) is 5.11. The molecule has 0 radical (unpaired) electrons. The molecule has 0 aliphatic heterocycles. The Morgan fingerprint density at radius 3 is 2.80 bits per heavy atom. The molecule has 1 rings (SSSR count). The van der Waals surface area contributed by atoms with E-state index in [4.69, 9.17) is 5.11 Å². The average molecular weight is 207 g/mol. The van der Waals surface area contributed by atoms with E-state index in [9.17, 15) is 4.79 Å². The first-order valence-corrected chi connectivity index (χ1v) is 5.11. The van der Waals surface area contributed by atoms with Crippen LogP contribution < -0.4 is 5.32 Å². The van der Waals surface area contributed by atoms with Crippen LogP contribution >= 0.6 is 0 Å². The normalized spacial score (nSPS) is 10.4. The third-order valence-corrected chi connectivity index (χ3v) is 1.99. The van der Waals surface area contributed by atoms with E-state index >= 15 is 0 Å². The standard InChI is InChI=1S/C12H17NO2/c1-9(2)6-12(15)13-11-5-3-4-10(7-11)8-14/h3-5,7,9,14H,6,8H2,1-2H3,(H,13,15). The summed E-state index contributed by atoms with van der Waals surface area (Å²) in [7, 11) is 0. The number of carbonyl (C=O) groups is 1. The number of hydrogen-bond donors (Lipinski definition) is 2. The van der Waals surface area contributed by atoms with Gasteiger partial charge in [-0.05, 0) is 23.6 Å². The fourth-order valence-corrected chi connectivity index (χ4v) is 1.33. The Morgan fingerprint density at radius 2 is 2.20 bits per heavy atom. The minimum atomic E-state index is -0.00606. The molecule has 1 aromatic rings. The molecule has 0 spiro atoms. The van der Waals surface area contributed by atoms with Gasteiger partial charge in [-0.1, -0.05) is 26.0 Å². The summed E-state index contributed by atoms with van der Waals surface area (Å²) in [6.07, 6.45) is 0.517. The SMILES string of the molecule is CC(C)CC(=O)Nc1cccc(CO)c1. The van der Waals surface area contributed by atoms with Gasteiger partial charge < -0.3 is 10.4 Å². The lowest BCUT2D eigenvalue weighted by Crippen LogP contribution is -2.13. The predicted octanol–water partition coefficient (Wildman–Crippen LogP) is 2.16. The summed E-state index contributed by atoms with van der Waals surface area (Å²) >= 11 is 0. The van der Waals surface area contributed by atoms with Crippen molar-refractivity contribution in [3.8, 4) is 0 Å². The fourth-order valence-electron chi connectivity index (χ4n) is 1.33. The summed E-state index contributed by atoms with van der Waals surface area (Å²) in [5.41, 5.74) is 1.55. The monoisotopic (exact) mass is 207 g/mol. The molecule has 0 bridgehead atoms.